The molecule has 4 nitrogen and oxygen atoms in total. The number of carboxylic acid groups (broad SMARTS) is 1. The Balaban J connectivity index is 1.57. The summed E-state index contributed by atoms with van der Waals surface area (Å²) < 4.78 is 14.5. The van der Waals surface area contributed by atoms with Crippen LogP contribution in [0.25, 0.3) is 0 Å². The highest BCUT2D eigenvalue weighted by Gasteiger charge is 2.68. The van der Waals surface area contributed by atoms with Crippen LogP contribution in [0.15, 0.2) is 0 Å². The van der Waals surface area contributed by atoms with Crippen molar-refractivity contribution in [2.45, 2.75) is 103 Å². The van der Waals surface area contributed by atoms with Gasteiger partial charge < -0.3 is 10.2 Å². The Morgan fingerprint density at radius 1 is 1.07 bits per heavy atom. The zero-order chi connectivity index (χ0) is 20.2. The van der Waals surface area contributed by atoms with Crippen molar-refractivity contribution in [2.24, 2.45) is 34.5 Å². The maximum atomic E-state index is 14.5. The van der Waals surface area contributed by atoms with Crippen LogP contribution in [-0.4, -0.2) is 27.9 Å². The monoisotopic (exact) mass is 396 g/mol. The molecule has 0 saturated heterocycles. The van der Waals surface area contributed by atoms with E-state index in [1.165, 1.54) is 0 Å². The molecule has 0 aliphatic heterocycles. The summed E-state index contributed by atoms with van der Waals surface area (Å²) in [6.07, 6.45) is 10.2. The van der Waals surface area contributed by atoms with E-state index in [1.54, 1.807) is 0 Å². The number of hydrogen-bond acceptors (Lipinski definition) is 3. The summed E-state index contributed by atoms with van der Waals surface area (Å²) in [6, 6.07) is 0. The van der Waals surface area contributed by atoms with Gasteiger partial charge in [-0.15, -0.1) is 0 Å². The Hall–Kier alpha value is -0.680. The van der Waals surface area contributed by atoms with Crippen LogP contribution in [-0.2, 0) is 9.74 Å². The lowest BCUT2D eigenvalue weighted by Crippen LogP contribution is -2.66. The molecule has 4 aliphatic rings. The number of aliphatic hydroxyl groups is 1. The average molecular weight is 397 g/mol. The molecule has 0 amide bonds. The van der Waals surface area contributed by atoms with Crippen molar-refractivity contribution >= 4 is 5.97 Å². The number of carbonyl (C=O) groups is 1. The van der Waals surface area contributed by atoms with E-state index in [2.05, 4.69) is 13.8 Å². The van der Waals surface area contributed by atoms with Crippen LogP contribution in [0.3, 0.4) is 0 Å². The molecule has 2 N–H and O–H groups in total. The maximum absolute atomic E-state index is 14.5. The second kappa shape index (κ2) is 7.23. The number of halogens is 1. The van der Waals surface area contributed by atoms with Crippen LogP contribution in [0.2, 0.25) is 0 Å². The highest BCUT2D eigenvalue weighted by molar-refractivity contribution is 5.66. The van der Waals surface area contributed by atoms with Crippen LogP contribution >= 0.6 is 0 Å². The van der Waals surface area contributed by atoms with Gasteiger partial charge in [0.25, 0.3) is 0 Å². The third kappa shape index (κ3) is 2.86. The highest BCUT2D eigenvalue weighted by Crippen LogP contribution is 2.70. The molecule has 4 aliphatic carbocycles. The Morgan fingerprint density at radius 3 is 2.54 bits per heavy atom. The van der Waals surface area contributed by atoms with Crippen LogP contribution < -0.4 is 0 Å². The molecule has 0 aromatic heterocycles. The van der Waals surface area contributed by atoms with Crippen molar-refractivity contribution in [1.82, 2.24) is 0 Å². The van der Waals surface area contributed by atoms with Gasteiger partial charge in [-0.05, 0) is 104 Å². The lowest BCUT2D eigenvalue weighted by atomic mass is 9.42. The van der Waals surface area contributed by atoms with E-state index in [-0.39, 0.29) is 29.3 Å². The largest absolute Gasteiger partial charge is 0.481 e. The van der Waals surface area contributed by atoms with Crippen LogP contribution in [0.4, 0.5) is 4.53 Å². The van der Waals surface area contributed by atoms with Crippen molar-refractivity contribution in [3.8, 4) is 0 Å². The zero-order valence-corrected chi connectivity index (χ0v) is 17.5. The fourth-order valence-corrected chi connectivity index (χ4v) is 8.41. The number of rotatable bonds is 5. The van der Waals surface area contributed by atoms with E-state index >= 15 is 0 Å². The van der Waals surface area contributed by atoms with Gasteiger partial charge in [0.2, 0.25) is 0 Å². The smallest absolute Gasteiger partial charge is 0.303 e. The van der Waals surface area contributed by atoms with Crippen LogP contribution in [0.5, 0.6) is 0 Å². The van der Waals surface area contributed by atoms with Gasteiger partial charge in [0.15, 0.2) is 0 Å². The molecule has 5 heteroatoms. The van der Waals surface area contributed by atoms with E-state index < -0.39 is 11.6 Å². The Morgan fingerprint density at radius 2 is 1.82 bits per heavy atom. The molecule has 8 atom stereocenters. The molecule has 0 heterocycles. The third-order valence-corrected chi connectivity index (χ3v) is 10.1. The molecule has 160 valence electrons. The van der Waals surface area contributed by atoms with Crippen LogP contribution in [0.1, 0.15) is 90.9 Å². The summed E-state index contributed by atoms with van der Waals surface area (Å²) in [4.78, 5) is 16.0. The molecule has 0 aromatic rings. The lowest BCUT2D eigenvalue weighted by molar-refractivity contribution is -0.351. The minimum absolute atomic E-state index is 0.183. The minimum atomic E-state index is -0.709. The molecular formula is C23H37FO4. The van der Waals surface area contributed by atoms with Crippen molar-refractivity contribution in [1.29, 1.82) is 0 Å². The Labute approximate surface area is 168 Å². The molecule has 0 radical (unpaired) electrons. The first-order chi connectivity index (χ1) is 13.3. The molecule has 0 aromatic carbocycles. The number of aliphatic hydroxyl groups excluding tert-OH is 1. The van der Waals surface area contributed by atoms with Crippen molar-refractivity contribution in [3.05, 3.63) is 0 Å². The van der Waals surface area contributed by atoms with Gasteiger partial charge in [0.1, 0.15) is 5.60 Å². The van der Waals surface area contributed by atoms with Gasteiger partial charge in [-0.1, -0.05) is 13.8 Å². The van der Waals surface area contributed by atoms with Crippen molar-refractivity contribution < 1.29 is 24.5 Å². The second-order valence-electron chi connectivity index (χ2n) is 10.9. The third-order valence-electron chi connectivity index (χ3n) is 10.1. The fraction of sp³-hybridized carbons (Fsp3) is 0.957. The number of aliphatic carboxylic acids is 1. The molecular weight excluding hydrogens is 359 g/mol. The first-order valence-electron chi connectivity index (χ1n) is 11.5. The van der Waals surface area contributed by atoms with Crippen LogP contribution in [0, 0.1) is 34.5 Å². The van der Waals surface area contributed by atoms with E-state index in [0.29, 0.717) is 17.8 Å². The summed E-state index contributed by atoms with van der Waals surface area (Å²) in [5.74, 6) is 0.904. The van der Waals surface area contributed by atoms with Gasteiger partial charge in [-0.3, -0.25) is 4.79 Å². The van der Waals surface area contributed by atoms with Crippen molar-refractivity contribution in [3.63, 3.8) is 0 Å². The zero-order valence-electron chi connectivity index (χ0n) is 17.5. The number of hydrogen-bond donors (Lipinski definition) is 2. The van der Waals surface area contributed by atoms with E-state index in [9.17, 15) is 14.4 Å². The van der Waals surface area contributed by atoms with E-state index in [1.807, 2.05) is 0 Å². The fourth-order valence-electron chi connectivity index (χ4n) is 8.41. The van der Waals surface area contributed by atoms with Gasteiger partial charge in [0.05, 0.1) is 6.10 Å². The highest BCUT2D eigenvalue weighted by atomic mass is 19.3. The topological polar surface area (TPSA) is 66.8 Å². The summed E-state index contributed by atoms with van der Waals surface area (Å²) in [5.41, 5.74) is -0.703. The first-order valence-corrected chi connectivity index (χ1v) is 11.5. The van der Waals surface area contributed by atoms with Gasteiger partial charge >= 0.3 is 5.97 Å². The number of fused-ring (bicyclic) bond motifs is 5. The normalized spacial score (nSPS) is 50.5. The molecule has 4 fully saturated rings. The van der Waals surface area contributed by atoms with Gasteiger partial charge in [-0.2, -0.15) is 4.94 Å². The van der Waals surface area contributed by atoms with Gasteiger partial charge in [0, 0.05) is 11.8 Å². The summed E-state index contributed by atoms with van der Waals surface area (Å²) in [5, 5.41) is 19.2. The van der Waals surface area contributed by atoms with Crippen molar-refractivity contribution in [2.75, 3.05) is 0 Å². The molecule has 4 rings (SSSR count). The quantitative estimate of drug-likeness (QED) is 0.663. The predicted molar refractivity (Wildman–Crippen MR) is 104 cm³/mol. The molecule has 0 spiro atoms. The minimum Gasteiger partial charge on any atom is -0.481 e. The van der Waals surface area contributed by atoms with Gasteiger partial charge in [-0.25, -0.2) is 0 Å². The summed E-state index contributed by atoms with van der Waals surface area (Å²) in [6.45, 7) is 4.62. The molecule has 28 heavy (non-hydrogen) atoms. The summed E-state index contributed by atoms with van der Waals surface area (Å²) in [7, 11) is 0. The molecule has 6 unspecified atom stereocenters. The van der Waals surface area contributed by atoms with E-state index in [4.69, 9.17) is 10.0 Å². The Kier molecular flexibility index (Phi) is 5.31. The SMILES string of the molecule is CC12CC[C@@]3(OF)C(CCC4C[C@H](O)CCC43C)C1CCC2CCCC(=O)O. The van der Waals surface area contributed by atoms with E-state index in [0.717, 1.165) is 70.6 Å². The second-order valence-corrected chi connectivity index (χ2v) is 10.9. The number of carboxylic acids is 1. The Bertz CT molecular complexity index is 611. The lowest BCUT2D eigenvalue weighted by Gasteiger charge is -2.65. The standard InChI is InChI=1S/C23H37FO4/c1-21-12-13-23(28-24)19(9-7-16-14-17(25)10-11-22(16,23)2)18(21)8-6-15(21)4-3-5-20(26)27/h15-19,25H,3-14H2,1-2H3,(H,26,27)/t15?,16?,17-,18?,19?,21?,22?,23-/m1/s1. The maximum Gasteiger partial charge on any atom is 0.303 e. The molecule has 0 bridgehead atoms. The first kappa shape index (κ1) is 20.6. The summed E-state index contributed by atoms with van der Waals surface area (Å²) >= 11 is 0. The predicted octanol–water partition coefficient (Wildman–Crippen LogP) is 5.28. The average Bonchev–Trinajstić information content (AvgIpc) is 2.98. The molecule has 4 saturated carbocycles.